The molecule has 0 amide bonds. The number of ether oxygens (including phenoxy) is 1. The molecular formula is C15H15N3O4. The van der Waals surface area contributed by atoms with Crippen LogP contribution >= 0.6 is 0 Å². The van der Waals surface area contributed by atoms with Crippen molar-refractivity contribution in [2.75, 3.05) is 0 Å². The Bertz CT molecular complexity index is 863. The molecule has 0 unspecified atom stereocenters. The van der Waals surface area contributed by atoms with E-state index in [1.807, 2.05) is 19.9 Å². The quantitative estimate of drug-likeness (QED) is 0.396. The van der Waals surface area contributed by atoms with Crippen LogP contribution in [-0.4, -0.2) is 10.7 Å². The minimum Gasteiger partial charge on any atom is -0.502 e. The maximum Gasteiger partial charge on any atom is 0.336 e. The molecule has 0 bridgehead atoms. The molecule has 1 N–H and O–H groups in total. The number of aryl methyl sites for hydroxylation is 1. The van der Waals surface area contributed by atoms with E-state index in [2.05, 4.69) is 10.0 Å². The van der Waals surface area contributed by atoms with E-state index in [0.29, 0.717) is 16.7 Å². The number of nitrogens with zero attached hydrogens (tertiary/aromatic N) is 3. The molecule has 1 aliphatic rings. The van der Waals surface area contributed by atoms with Crippen molar-refractivity contribution in [1.29, 1.82) is 0 Å². The van der Waals surface area contributed by atoms with Crippen LogP contribution in [-0.2, 0) is 13.0 Å². The van der Waals surface area contributed by atoms with E-state index >= 15 is 0 Å². The minimum absolute atomic E-state index is 0.0170. The molecule has 2 heterocycles. The molecule has 7 nitrogen and oxygen atoms in total. The second-order valence-electron chi connectivity index (χ2n) is 5.93. The summed E-state index contributed by atoms with van der Waals surface area (Å²) in [4.78, 5) is 14.4. The molecule has 0 saturated heterocycles. The second kappa shape index (κ2) is 4.96. The molecular weight excluding hydrogens is 286 g/mol. The molecule has 0 fully saturated rings. The van der Waals surface area contributed by atoms with Crippen molar-refractivity contribution < 1.29 is 14.3 Å². The molecule has 2 aromatic rings. The third-order valence-electron chi connectivity index (χ3n) is 3.80. The van der Waals surface area contributed by atoms with Gasteiger partial charge in [-0.05, 0) is 49.4 Å². The van der Waals surface area contributed by atoms with Crippen LogP contribution in [0.5, 0.6) is 11.5 Å². The summed E-state index contributed by atoms with van der Waals surface area (Å²) >= 11 is 0. The summed E-state index contributed by atoms with van der Waals surface area (Å²) in [6.45, 7) is 3.89. The van der Waals surface area contributed by atoms with Gasteiger partial charge in [-0.15, -0.1) is 0 Å². The predicted octanol–water partition coefficient (Wildman–Crippen LogP) is 3.41. The van der Waals surface area contributed by atoms with Gasteiger partial charge in [-0.3, -0.25) is 0 Å². The highest BCUT2D eigenvalue weighted by Crippen LogP contribution is 2.44. The van der Waals surface area contributed by atoms with E-state index in [0.717, 1.165) is 18.4 Å². The molecule has 1 aliphatic heterocycles. The first kappa shape index (κ1) is 14.3. The maximum atomic E-state index is 11.7. The van der Waals surface area contributed by atoms with Crippen LogP contribution < -0.4 is 10.4 Å². The van der Waals surface area contributed by atoms with E-state index in [9.17, 15) is 9.90 Å². The molecule has 0 spiro atoms. The Labute approximate surface area is 125 Å². The largest absolute Gasteiger partial charge is 0.502 e. The summed E-state index contributed by atoms with van der Waals surface area (Å²) in [5.74, 6) is 0.174. The van der Waals surface area contributed by atoms with Crippen LogP contribution in [0.4, 0.5) is 0 Å². The van der Waals surface area contributed by atoms with Crippen molar-refractivity contribution in [1.82, 2.24) is 0 Å². The van der Waals surface area contributed by atoms with Crippen LogP contribution in [0.15, 0.2) is 26.5 Å². The number of hydrogen-bond acceptors (Lipinski definition) is 5. The van der Waals surface area contributed by atoms with Gasteiger partial charge in [-0.1, -0.05) is 5.11 Å². The molecule has 0 saturated carbocycles. The molecule has 7 heteroatoms. The van der Waals surface area contributed by atoms with Crippen molar-refractivity contribution in [3.05, 3.63) is 44.1 Å². The van der Waals surface area contributed by atoms with Gasteiger partial charge in [0.05, 0.1) is 6.54 Å². The van der Waals surface area contributed by atoms with Crippen LogP contribution in [0.3, 0.4) is 0 Å². The van der Waals surface area contributed by atoms with E-state index in [1.165, 1.54) is 6.07 Å². The van der Waals surface area contributed by atoms with Crippen molar-refractivity contribution in [2.45, 2.75) is 38.8 Å². The average molecular weight is 301 g/mol. The zero-order valence-electron chi connectivity index (χ0n) is 12.3. The van der Waals surface area contributed by atoms with Gasteiger partial charge in [0.2, 0.25) is 5.75 Å². The Kier molecular flexibility index (Phi) is 3.22. The molecule has 22 heavy (non-hydrogen) atoms. The van der Waals surface area contributed by atoms with Gasteiger partial charge in [0.15, 0.2) is 11.3 Å². The lowest BCUT2D eigenvalue weighted by molar-refractivity contribution is 0.0808. The number of benzene rings is 1. The number of aromatic hydroxyl groups is 1. The molecule has 3 rings (SSSR count). The zero-order valence-corrected chi connectivity index (χ0v) is 12.3. The summed E-state index contributed by atoms with van der Waals surface area (Å²) in [6.07, 6.45) is 1.55. The Hall–Kier alpha value is -2.66. The number of azide groups is 1. The van der Waals surface area contributed by atoms with Gasteiger partial charge in [-0.2, -0.15) is 0 Å². The Morgan fingerprint density at radius 3 is 2.95 bits per heavy atom. The Morgan fingerprint density at radius 2 is 2.23 bits per heavy atom. The Morgan fingerprint density at radius 1 is 1.45 bits per heavy atom. The molecule has 0 radical (unpaired) electrons. The monoisotopic (exact) mass is 301 g/mol. The third-order valence-corrected chi connectivity index (χ3v) is 3.80. The van der Waals surface area contributed by atoms with Gasteiger partial charge >= 0.3 is 5.63 Å². The van der Waals surface area contributed by atoms with Crippen molar-refractivity contribution in [3.8, 4) is 11.5 Å². The normalized spacial score (nSPS) is 15.7. The van der Waals surface area contributed by atoms with Gasteiger partial charge in [-0.25, -0.2) is 4.79 Å². The van der Waals surface area contributed by atoms with E-state index in [1.54, 1.807) is 0 Å². The van der Waals surface area contributed by atoms with Gasteiger partial charge in [0.25, 0.3) is 0 Å². The molecule has 0 aliphatic carbocycles. The number of rotatable bonds is 2. The number of phenols is 1. The summed E-state index contributed by atoms with van der Waals surface area (Å²) in [7, 11) is 0. The van der Waals surface area contributed by atoms with Crippen LogP contribution in [0.1, 0.15) is 31.4 Å². The molecule has 0 atom stereocenters. The van der Waals surface area contributed by atoms with Gasteiger partial charge < -0.3 is 14.3 Å². The summed E-state index contributed by atoms with van der Waals surface area (Å²) in [5, 5.41) is 14.5. The fraction of sp³-hybridized carbons (Fsp3) is 0.400. The highest BCUT2D eigenvalue weighted by Gasteiger charge is 2.30. The zero-order chi connectivity index (χ0) is 15.9. The second-order valence-corrected chi connectivity index (χ2v) is 5.93. The number of fused-ring (bicyclic) bond motifs is 2. The summed E-state index contributed by atoms with van der Waals surface area (Å²) in [5.41, 5.74) is 8.89. The Balaban J connectivity index is 2.29. The van der Waals surface area contributed by atoms with Gasteiger partial charge in [0, 0.05) is 16.4 Å². The summed E-state index contributed by atoms with van der Waals surface area (Å²) in [6, 6.07) is 3.10. The highest BCUT2D eigenvalue weighted by atomic mass is 16.5. The lowest BCUT2D eigenvalue weighted by Crippen LogP contribution is -2.32. The number of hydrogen-bond donors (Lipinski definition) is 1. The first-order valence-electron chi connectivity index (χ1n) is 6.93. The SMILES string of the molecule is CC1(C)CCc2cc3c(CN=[N+]=[N-])cc(=O)oc3c(O)c2O1. The van der Waals surface area contributed by atoms with Crippen LogP contribution in [0.25, 0.3) is 21.4 Å². The van der Waals surface area contributed by atoms with E-state index in [4.69, 9.17) is 14.7 Å². The lowest BCUT2D eigenvalue weighted by Gasteiger charge is -2.33. The molecule has 1 aromatic heterocycles. The van der Waals surface area contributed by atoms with Crippen LogP contribution in [0, 0.1) is 0 Å². The fourth-order valence-electron chi connectivity index (χ4n) is 2.68. The maximum absolute atomic E-state index is 11.7. The van der Waals surface area contributed by atoms with E-state index < -0.39 is 5.63 Å². The van der Waals surface area contributed by atoms with Gasteiger partial charge in [0.1, 0.15) is 5.60 Å². The molecule has 1 aromatic carbocycles. The lowest BCUT2D eigenvalue weighted by atomic mass is 9.92. The van der Waals surface area contributed by atoms with Crippen molar-refractivity contribution in [2.24, 2.45) is 5.11 Å². The van der Waals surface area contributed by atoms with Crippen molar-refractivity contribution in [3.63, 3.8) is 0 Å². The average Bonchev–Trinajstić information content (AvgIpc) is 2.46. The van der Waals surface area contributed by atoms with Crippen LogP contribution in [0.2, 0.25) is 0 Å². The first-order valence-corrected chi connectivity index (χ1v) is 6.93. The number of phenolic OH excluding ortho intramolecular Hbond substituents is 1. The fourth-order valence-corrected chi connectivity index (χ4v) is 2.68. The first-order chi connectivity index (χ1) is 10.4. The van der Waals surface area contributed by atoms with E-state index in [-0.39, 0.29) is 23.5 Å². The smallest absolute Gasteiger partial charge is 0.336 e. The standard InChI is InChI=1S/C15H15N3O4/c1-15(2)4-3-8-5-10-9(7-17-18-16)6-11(19)21-14(10)12(20)13(8)22-15/h5-6,20H,3-4,7H2,1-2H3. The third kappa shape index (κ3) is 2.35. The topological polar surface area (TPSA) is 108 Å². The van der Waals surface area contributed by atoms with Crippen molar-refractivity contribution >= 4 is 11.0 Å². The summed E-state index contributed by atoms with van der Waals surface area (Å²) < 4.78 is 11.0. The highest BCUT2D eigenvalue weighted by molar-refractivity contribution is 5.89. The predicted molar refractivity (Wildman–Crippen MR) is 80.0 cm³/mol. The molecule has 114 valence electrons. The minimum atomic E-state index is -0.610.